The third-order valence-corrected chi connectivity index (χ3v) is 3.61. The van der Waals surface area contributed by atoms with Crippen molar-refractivity contribution in [2.75, 3.05) is 44.9 Å². The Morgan fingerprint density at radius 2 is 2.24 bits per heavy atom. The number of nitrogens with one attached hydrogen (secondary N) is 1. The molecule has 1 aromatic carbocycles. The molecule has 2 rings (SSSR count). The van der Waals surface area contributed by atoms with Gasteiger partial charge in [0.25, 0.3) is 0 Å². The van der Waals surface area contributed by atoms with Gasteiger partial charge in [-0.3, -0.25) is 0 Å². The van der Waals surface area contributed by atoms with Crippen molar-refractivity contribution in [1.29, 1.82) is 0 Å². The van der Waals surface area contributed by atoms with E-state index in [9.17, 15) is 4.39 Å². The Morgan fingerprint density at radius 1 is 1.43 bits per heavy atom. The molecule has 1 N–H and O–H groups in total. The van der Waals surface area contributed by atoms with Crippen LogP contribution in [0, 0.1) is 5.82 Å². The largest absolute Gasteiger partial charge is 0.383 e. The van der Waals surface area contributed by atoms with Crippen LogP contribution in [0.3, 0.4) is 0 Å². The maximum Gasteiger partial charge on any atom is 0.123 e. The second-order valence-corrected chi connectivity index (χ2v) is 5.97. The van der Waals surface area contributed by atoms with Crippen molar-refractivity contribution >= 4 is 5.69 Å². The smallest absolute Gasteiger partial charge is 0.123 e. The van der Waals surface area contributed by atoms with E-state index in [4.69, 9.17) is 9.47 Å². The van der Waals surface area contributed by atoms with Crippen molar-refractivity contribution < 1.29 is 13.9 Å². The number of hydrogen-bond donors (Lipinski definition) is 1. The highest BCUT2D eigenvalue weighted by Gasteiger charge is 2.28. The third kappa shape index (κ3) is 4.66. The molecule has 0 saturated carbocycles. The van der Waals surface area contributed by atoms with Crippen LogP contribution in [0.2, 0.25) is 0 Å². The lowest BCUT2D eigenvalue weighted by Crippen LogP contribution is -2.48. The molecule has 0 radical (unpaired) electrons. The minimum absolute atomic E-state index is 0.173. The number of anilines is 1. The zero-order valence-electron chi connectivity index (χ0n) is 13.1. The minimum Gasteiger partial charge on any atom is -0.383 e. The maximum atomic E-state index is 13.5. The molecule has 0 bridgehead atoms. The fourth-order valence-corrected chi connectivity index (χ4v) is 2.62. The first kappa shape index (κ1) is 16.2. The first-order chi connectivity index (χ1) is 10.0. The van der Waals surface area contributed by atoms with Crippen LogP contribution < -0.4 is 10.2 Å². The summed E-state index contributed by atoms with van der Waals surface area (Å²) < 4.78 is 24.3. The Morgan fingerprint density at radius 3 is 2.95 bits per heavy atom. The summed E-state index contributed by atoms with van der Waals surface area (Å²) in [7, 11) is 1.67. The molecule has 1 fully saturated rings. The number of hydrogen-bond acceptors (Lipinski definition) is 4. The van der Waals surface area contributed by atoms with Gasteiger partial charge in [-0.25, -0.2) is 4.39 Å². The van der Waals surface area contributed by atoms with Crippen LogP contribution in [0.15, 0.2) is 18.2 Å². The number of methoxy groups -OCH3 is 1. The molecule has 1 saturated heterocycles. The quantitative estimate of drug-likeness (QED) is 0.816. The van der Waals surface area contributed by atoms with Crippen LogP contribution in [0.1, 0.15) is 19.4 Å². The monoisotopic (exact) mass is 296 g/mol. The van der Waals surface area contributed by atoms with Crippen LogP contribution >= 0.6 is 0 Å². The van der Waals surface area contributed by atoms with Crippen molar-refractivity contribution in [3.63, 3.8) is 0 Å². The Labute approximate surface area is 126 Å². The fraction of sp³-hybridized carbons (Fsp3) is 0.625. The molecular formula is C16H25FN2O2. The van der Waals surface area contributed by atoms with Gasteiger partial charge in [-0.1, -0.05) is 0 Å². The van der Waals surface area contributed by atoms with E-state index in [1.807, 2.05) is 6.07 Å². The van der Waals surface area contributed by atoms with Gasteiger partial charge in [-0.15, -0.1) is 0 Å². The summed E-state index contributed by atoms with van der Waals surface area (Å²) in [4.78, 5) is 2.27. The van der Waals surface area contributed by atoms with Crippen molar-refractivity contribution in [3.8, 4) is 0 Å². The number of nitrogens with zero attached hydrogens (tertiary/aromatic N) is 1. The van der Waals surface area contributed by atoms with Gasteiger partial charge < -0.3 is 19.7 Å². The number of morpholine rings is 1. The SMILES string of the molecule is COCCNCc1cc(F)ccc1N1CCOC(C)(C)C1. The molecule has 0 amide bonds. The number of ether oxygens (including phenoxy) is 2. The second kappa shape index (κ2) is 7.20. The molecule has 0 aromatic heterocycles. The van der Waals surface area contributed by atoms with E-state index in [1.54, 1.807) is 13.2 Å². The predicted octanol–water partition coefficient (Wildman–Crippen LogP) is 2.18. The van der Waals surface area contributed by atoms with E-state index in [2.05, 4.69) is 24.1 Å². The highest BCUT2D eigenvalue weighted by Crippen LogP contribution is 2.27. The van der Waals surface area contributed by atoms with Crippen molar-refractivity contribution in [1.82, 2.24) is 5.32 Å². The average Bonchev–Trinajstić information content (AvgIpc) is 2.42. The molecule has 0 unspecified atom stereocenters. The van der Waals surface area contributed by atoms with E-state index in [0.717, 1.165) is 30.9 Å². The molecule has 21 heavy (non-hydrogen) atoms. The summed E-state index contributed by atoms with van der Waals surface area (Å²) in [5, 5.41) is 3.28. The highest BCUT2D eigenvalue weighted by atomic mass is 19.1. The summed E-state index contributed by atoms with van der Waals surface area (Å²) in [5.41, 5.74) is 1.88. The van der Waals surface area contributed by atoms with Gasteiger partial charge >= 0.3 is 0 Å². The molecule has 118 valence electrons. The highest BCUT2D eigenvalue weighted by molar-refractivity contribution is 5.54. The van der Waals surface area contributed by atoms with Gasteiger partial charge in [-0.2, -0.15) is 0 Å². The molecule has 0 aliphatic carbocycles. The average molecular weight is 296 g/mol. The van der Waals surface area contributed by atoms with Gasteiger partial charge in [0.05, 0.1) is 18.8 Å². The molecule has 1 heterocycles. The molecule has 1 aliphatic heterocycles. The Hall–Kier alpha value is -1.17. The second-order valence-electron chi connectivity index (χ2n) is 5.97. The summed E-state index contributed by atoms with van der Waals surface area (Å²) in [6.45, 7) is 8.54. The first-order valence-corrected chi connectivity index (χ1v) is 7.39. The molecule has 1 aromatic rings. The van der Waals surface area contributed by atoms with E-state index in [0.29, 0.717) is 19.8 Å². The molecule has 0 spiro atoms. The summed E-state index contributed by atoms with van der Waals surface area (Å²) in [5.74, 6) is -0.199. The lowest BCUT2D eigenvalue weighted by Gasteiger charge is -2.40. The summed E-state index contributed by atoms with van der Waals surface area (Å²) in [6.07, 6.45) is 0. The van der Waals surface area contributed by atoms with E-state index < -0.39 is 0 Å². The molecular weight excluding hydrogens is 271 g/mol. The molecule has 1 aliphatic rings. The Kier molecular flexibility index (Phi) is 5.56. The van der Waals surface area contributed by atoms with Crippen LogP contribution in [-0.4, -0.2) is 45.6 Å². The molecule has 0 atom stereocenters. The fourth-order valence-electron chi connectivity index (χ4n) is 2.62. The van der Waals surface area contributed by atoms with E-state index in [-0.39, 0.29) is 11.4 Å². The predicted molar refractivity (Wildman–Crippen MR) is 82.2 cm³/mol. The van der Waals surface area contributed by atoms with Crippen LogP contribution in [0.5, 0.6) is 0 Å². The first-order valence-electron chi connectivity index (χ1n) is 7.39. The van der Waals surface area contributed by atoms with Gasteiger partial charge in [0.1, 0.15) is 5.82 Å². The van der Waals surface area contributed by atoms with E-state index in [1.165, 1.54) is 6.07 Å². The van der Waals surface area contributed by atoms with Gasteiger partial charge in [0, 0.05) is 39.0 Å². The topological polar surface area (TPSA) is 33.7 Å². The van der Waals surface area contributed by atoms with E-state index >= 15 is 0 Å². The van der Waals surface area contributed by atoms with Gasteiger partial charge in [0.15, 0.2) is 0 Å². The van der Waals surface area contributed by atoms with Crippen molar-refractivity contribution in [2.45, 2.75) is 26.0 Å². The van der Waals surface area contributed by atoms with Gasteiger partial charge in [-0.05, 0) is 37.6 Å². The molecule has 5 heteroatoms. The standard InChI is InChI=1S/C16H25FN2O2/c1-16(2)12-19(7-9-21-16)15-5-4-14(17)10-13(15)11-18-6-8-20-3/h4-5,10,18H,6-9,11-12H2,1-3H3. The summed E-state index contributed by atoms with van der Waals surface area (Å²) >= 11 is 0. The lowest BCUT2D eigenvalue weighted by atomic mass is 10.0. The van der Waals surface area contributed by atoms with Gasteiger partial charge in [0.2, 0.25) is 0 Å². The van der Waals surface area contributed by atoms with Crippen LogP contribution in [-0.2, 0) is 16.0 Å². The lowest BCUT2D eigenvalue weighted by molar-refractivity contribution is -0.0277. The molecule has 4 nitrogen and oxygen atoms in total. The Balaban J connectivity index is 2.10. The maximum absolute atomic E-state index is 13.5. The minimum atomic E-state index is -0.199. The zero-order chi connectivity index (χ0) is 15.3. The number of benzene rings is 1. The third-order valence-electron chi connectivity index (χ3n) is 3.61. The number of halogens is 1. The van der Waals surface area contributed by atoms with Crippen LogP contribution in [0.4, 0.5) is 10.1 Å². The number of rotatable bonds is 6. The normalized spacial score (nSPS) is 18.0. The van der Waals surface area contributed by atoms with Crippen LogP contribution in [0.25, 0.3) is 0 Å². The Bertz CT molecular complexity index is 466. The van der Waals surface area contributed by atoms with Crippen molar-refractivity contribution in [3.05, 3.63) is 29.6 Å². The van der Waals surface area contributed by atoms with Crippen molar-refractivity contribution in [2.24, 2.45) is 0 Å². The summed E-state index contributed by atoms with van der Waals surface area (Å²) in [6, 6.07) is 5.00. The zero-order valence-corrected chi connectivity index (χ0v) is 13.1.